The van der Waals surface area contributed by atoms with Gasteiger partial charge in [0.2, 0.25) is 0 Å². The predicted molar refractivity (Wildman–Crippen MR) is 112 cm³/mol. The maximum atomic E-state index is 2.69. The first kappa shape index (κ1) is 24.9. The third-order valence-corrected chi connectivity index (χ3v) is 28.3. The molecule has 0 amide bonds. The molecule has 0 heterocycles. The van der Waals surface area contributed by atoms with Gasteiger partial charge in [-0.2, -0.15) is 0 Å². The van der Waals surface area contributed by atoms with Crippen LogP contribution in [-0.4, -0.2) is 5.43 Å². The maximum absolute atomic E-state index is 2.69. The largest absolute Gasteiger partial charge is 1.00 e. The van der Waals surface area contributed by atoms with Crippen LogP contribution in [0.2, 0.25) is 20.3 Å². The summed E-state index contributed by atoms with van der Waals surface area (Å²) in [5.41, 5.74) is 3.72. The van der Waals surface area contributed by atoms with Crippen LogP contribution in [0.1, 0.15) is 52.4 Å². The van der Waals surface area contributed by atoms with Gasteiger partial charge >= 0.3 is 170 Å². The SMILES string of the molecule is CC1CC=CC=C2C1CC[CH]2[Zr+2]([CH]1CCC2C1=CC=CCC2C)=[Si](C)C.[Cl-].[Cl-]. The molecule has 0 N–H and O–H groups in total. The molecule has 4 heteroatoms. The van der Waals surface area contributed by atoms with Gasteiger partial charge in [-0.15, -0.1) is 0 Å². The van der Waals surface area contributed by atoms with Crippen molar-refractivity contribution in [1.82, 2.24) is 0 Å². The number of hydrogen-bond acceptors (Lipinski definition) is 0. The first-order chi connectivity index (χ1) is 12.6. The van der Waals surface area contributed by atoms with Crippen LogP contribution in [0, 0.1) is 23.7 Å². The van der Waals surface area contributed by atoms with Crippen LogP contribution in [0.4, 0.5) is 0 Å². The van der Waals surface area contributed by atoms with E-state index in [0.717, 1.165) is 30.9 Å². The predicted octanol–water partition coefficient (Wildman–Crippen LogP) is 1.31. The second-order valence-electron chi connectivity index (χ2n) is 9.54. The Balaban J connectivity index is 0.00000140. The molecule has 0 spiro atoms. The summed E-state index contributed by atoms with van der Waals surface area (Å²) < 4.78 is 2.12. The van der Waals surface area contributed by atoms with E-state index in [4.69, 9.17) is 0 Å². The molecule has 28 heavy (non-hydrogen) atoms. The topological polar surface area (TPSA) is 0 Å². The number of hydrogen-bond donors (Lipinski definition) is 0. The van der Waals surface area contributed by atoms with Crippen molar-refractivity contribution in [3.05, 3.63) is 47.6 Å². The Bertz CT molecular complexity index is 660. The molecule has 2 fully saturated rings. The molecule has 0 nitrogen and oxygen atoms in total. The minimum absolute atomic E-state index is 0. The monoisotopic (exact) mass is 512 g/mol. The summed E-state index contributed by atoms with van der Waals surface area (Å²) in [6, 6.07) is 0. The van der Waals surface area contributed by atoms with Crippen molar-refractivity contribution in [2.75, 3.05) is 0 Å². The normalized spacial score (nSPS) is 35.7. The molecule has 0 bridgehead atoms. The Hall–Kier alpha value is 0.640. The standard InChI is InChI=1S/2C11H15.C2H6Si.2ClH.Zr/c2*1-9-5-2-3-6-10-7-4-8-11(9)10;1-3-2;;;/h2*2-3,6-7,9,11H,4-5,8H2,1H3;1-2H3;2*1H;/q;;;;;+2/p-2. The quantitative estimate of drug-likeness (QED) is 0.488. The van der Waals surface area contributed by atoms with Crippen molar-refractivity contribution in [1.29, 1.82) is 0 Å². The van der Waals surface area contributed by atoms with Crippen molar-refractivity contribution in [3.8, 4) is 0 Å². The second-order valence-corrected chi connectivity index (χ2v) is 28.0. The van der Waals surface area contributed by atoms with Crippen molar-refractivity contribution in [3.63, 3.8) is 0 Å². The van der Waals surface area contributed by atoms with Gasteiger partial charge < -0.3 is 24.8 Å². The number of halogens is 2. The summed E-state index contributed by atoms with van der Waals surface area (Å²) in [6.45, 7) is 10.4. The Morgan fingerprint density at radius 3 is 1.57 bits per heavy atom. The van der Waals surface area contributed by atoms with Crippen LogP contribution in [0.5, 0.6) is 0 Å². The fraction of sp³-hybridized carbons (Fsp3) is 0.667. The molecule has 0 aliphatic heterocycles. The van der Waals surface area contributed by atoms with E-state index in [-0.39, 0.29) is 30.2 Å². The zero-order valence-corrected chi connectivity index (χ0v) is 22.9. The Morgan fingerprint density at radius 2 is 1.18 bits per heavy atom. The van der Waals surface area contributed by atoms with E-state index in [9.17, 15) is 0 Å². The number of fused-ring (bicyclic) bond motifs is 2. The van der Waals surface area contributed by atoms with Gasteiger partial charge in [-0.25, -0.2) is 0 Å². The summed E-state index contributed by atoms with van der Waals surface area (Å²) in [4.78, 5) is 0. The smallest absolute Gasteiger partial charge is 1.00 e. The Labute approximate surface area is 193 Å². The van der Waals surface area contributed by atoms with Crippen molar-refractivity contribution in [2.24, 2.45) is 23.7 Å². The molecule has 154 valence electrons. The zero-order valence-electron chi connectivity index (χ0n) is 17.9. The van der Waals surface area contributed by atoms with Crippen LogP contribution in [0.3, 0.4) is 0 Å². The first-order valence-electron chi connectivity index (χ1n) is 11.0. The van der Waals surface area contributed by atoms with E-state index in [1.165, 1.54) is 25.7 Å². The van der Waals surface area contributed by atoms with E-state index in [2.05, 4.69) is 63.4 Å². The second kappa shape index (κ2) is 10.8. The molecular formula is C24H36Cl2SiZr. The van der Waals surface area contributed by atoms with E-state index in [1.807, 2.05) is 11.1 Å². The molecule has 4 rings (SSSR count). The van der Waals surface area contributed by atoms with Crippen LogP contribution in [0.15, 0.2) is 47.6 Å². The fourth-order valence-electron chi connectivity index (χ4n) is 6.46. The molecule has 0 aromatic rings. The molecule has 0 saturated heterocycles. The van der Waals surface area contributed by atoms with E-state index < -0.39 is 20.4 Å². The van der Waals surface area contributed by atoms with Crippen molar-refractivity contribution in [2.45, 2.75) is 72.7 Å². The minimum Gasteiger partial charge on any atom is -1.00 e. The zero-order chi connectivity index (χ0) is 18.3. The van der Waals surface area contributed by atoms with Gasteiger partial charge in [0.25, 0.3) is 0 Å². The van der Waals surface area contributed by atoms with E-state index in [0.29, 0.717) is 0 Å². The average Bonchev–Trinajstić information content (AvgIpc) is 3.10. The van der Waals surface area contributed by atoms with Crippen molar-refractivity contribution < 1.29 is 45.2 Å². The van der Waals surface area contributed by atoms with Crippen LogP contribution in [-0.2, 0) is 20.4 Å². The van der Waals surface area contributed by atoms with Gasteiger partial charge in [-0.3, -0.25) is 0 Å². The van der Waals surface area contributed by atoms with Gasteiger partial charge in [0, 0.05) is 0 Å². The molecule has 6 atom stereocenters. The molecular weight excluding hydrogens is 478 g/mol. The summed E-state index contributed by atoms with van der Waals surface area (Å²) in [6.07, 6.45) is 23.5. The van der Waals surface area contributed by atoms with Gasteiger partial charge in [-0.1, -0.05) is 0 Å². The molecule has 0 radical (unpaired) electrons. The van der Waals surface area contributed by atoms with Crippen molar-refractivity contribution >= 4 is 5.43 Å². The third kappa shape index (κ3) is 4.76. The summed E-state index contributed by atoms with van der Waals surface area (Å²) in [7, 11) is 0. The molecule has 0 aromatic carbocycles. The van der Waals surface area contributed by atoms with E-state index in [1.54, 1.807) is 12.8 Å². The van der Waals surface area contributed by atoms with Gasteiger partial charge in [0.05, 0.1) is 0 Å². The van der Waals surface area contributed by atoms with Crippen LogP contribution in [0.25, 0.3) is 0 Å². The average molecular weight is 515 g/mol. The number of allylic oxidation sites excluding steroid dienone is 8. The van der Waals surface area contributed by atoms with Gasteiger partial charge in [0.15, 0.2) is 0 Å². The minimum atomic E-state index is -1.52. The molecule has 0 aromatic heterocycles. The Kier molecular flexibility index (Phi) is 9.60. The molecule has 2 saturated carbocycles. The third-order valence-electron chi connectivity index (χ3n) is 7.76. The fourth-order valence-corrected chi connectivity index (χ4v) is 28.6. The van der Waals surface area contributed by atoms with Gasteiger partial charge in [0.1, 0.15) is 0 Å². The van der Waals surface area contributed by atoms with Gasteiger partial charge in [-0.05, 0) is 0 Å². The van der Waals surface area contributed by atoms with Crippen LogP contribution >= 0.6 is 0 Å². The van der Waals surface area contributed by atoms with Crippen LogP contribution < -0.4 is 24.8 Å². The number of rotatable bonds is 2. The van der Waals surface area contributed by atoms with E-state index >= 15 is 0 Å². The summed E-state index contributed by atoms with van der Waals surface area (Å²) in [5.74, 6) is 3.56. The maximum Gasteiger partial charge on any atom is -1.00 e. The molecule has 4 aliphatic carbocycles. The molecule has 4 aliphatic rings. The first-order valence-corrected chi connectivity index (χ1v) is 20.0. The summed E-state index contributed by atoms with van der Waals surface area (Å²) in [5, 5.41) is 0. The Morgan fingerprint density at radius 1 is 0.750 bits per heavy atom. The molecule has 6 unspecified atom stereocenters. The summed E-state index contributed by atoms with van der Waals surface area (Å²) >= 11 is -1.52.